The van der Waals surface area contributed by atoms with E-state index in [9.17, 15) is 18.0 Å². The van der Waals surface area contributed by atoms with Crippen molar-refractivity contribution in [2.24, 2.45) is 0 Å². The summed E-state index contributed by atoms with van der Waals surface area (Å²) in [5, 5.41) is 11.7. The number of hydrogen-bond donors (Lipinski definition) is 1. The predicted molar refractivity (Wildman–Crippen MR) is 113 cm³/mol. The van der Waals surface area contributed by atoms with E-state index >= 15 is 0 Å². The Morgan fingerprint density at radius 3 is 2.70 bits per heavy atom. The van der Waals surface area contributed by atoms with E-state index in [0.717, 1.165) is 5.56 Å². The lowest BCUT2D eigenvalue weighted by molar-refractivity contribution is -0.144. The highest BCUT2D eigenvalue weighted by Crippen LogP contribution is 2.33. The molecule has 7 nitrogen and oxygen atoms in total. The molecule has 2 aromatic heterocycles. The minimum absolute atomic E-state index is 0.00389. The maximum absolute atomic E-state index is 13.4. The van der Waals surface area contributed by atoms with E-state index in [-0.39, 0.29) is 23.2 Å². The van der Waals surface area contributed by atoms with E-state index < -0.39 is 18.0 Å². The number of halogens is 3. The number of carbonyl (C=O) groups excluding carboxylic acids is 1. The van der Waals surface area contributed by atoms with Gasteiger partial charge in [-0.15, -0.1) is 0 Å². The second-order valence-corrected chi connectivity index (χ2v) is 7.61. The molecule has 33 heavy (non-hydrogen) atoms. The molecule has 1 aliphatic rings. The fourth-order valence-electron chi connectivity index (χ4n) is 3.77. The van der Waals surface area contributed by atoms with Gasteiger partial charge in [0.15, 0.2) is 5.76 Å². The van der Waals surface area contributed by atoms with Gasteiger partial charge in [0.05, 0.1) is 17.9 Å². The number of aromatic nitrogens is 2. The van der Waals surface area contributed by atoms with Crippen LogP contribution in [0.15, 0.2) is 53.1 Å². The van der Waals surface area contributed by atoms with Crippen LogP contribution in [0.4, 0.5) is 19.0 Å². The molecule has 1 fully saturated rings. The van der Waals surface area contributed by atoms with Gasteiger partial charge in [-0.2, -0.15) is 18.4 Å². The Morgan fingerprint density at radius 1 is 1.24 bits per heavy atom. The smallest absolute Gasteiger partial charge is 0.451 e. The molecule has 1 aromatic carbocycles. The fourth-order valence-corrected chi connectivity index (χ4v) is 3.77. The van der Waals surface area contributed by atoms with Crippen LogP contribution in [0.2, 0.25) is 0 Å². The summed E-state index contributed by atoms with van der Waals surface area (Å²) in [5.41, 5.74) is 1.52. The number of benzene rings is 1. The van der Waals surface area contributed by atoms with Crippen LogP contribution in [0.5, 0.6) is 0 Å². The van der Waals surface area contributed by atoms with Crippen LogP contribution in [-0.2, 0) is 17.4 Å². The van der Waals surface area contributed by atoms with Gasteiger partial charge in [-0.05, 0) is 49.1 Å². The summed E-state index contributed by atoms with van der Waals surface area (Å²) in [5.74, 6) is -1.33. The van der Waals surface area contributed by atoms with E-state index in [0.29, 0.717) is 37.9 Å². The zero-order chi connectivity index (χ0) is 23.4. The number of carbonyl (C=O) groups is 1. The lowest BCUT2D eigenvalue weighted by Crippen LogP contribution is -2.44. The standard InChI is InChI=1S/C23H20F3N5O2/c24-23(25,26)22-29-17(19-4-2-12-33-19)13-20(30-22)31-11-1-3-18(31)21(32)28-10-9-15-5-7-16(14-27)8-6-15/h2,4-8,12-13,18H,1,3,9-11H2,(H,28,32)/t18-/m0/s1. The number of nitrogens with zero attached hydrogens (tertiary/aromatic N) is 4. The van der Waals surface area contributed by atoms with Crippen molar-refractivity contribution < 1.29 is 22.4 Å². The highest BCUT2D eigenvalue weighted by atomic mass is 19.4. The van der Waals surface area contributed by atoms with Crippen molar-refractivity contribution in [1.82, 2.24) is 15.3 Å². The van der Waals surface area contributed by atoms with Crippen LogP contribution in [-0.4, -0.2) is 35.0 Å². The van der Waals surface area contributed by atoms with Crippen LogP contribution in [0.1, 0.15) is 29.8 Å². The van der Waals surface area contributed by atoms with Gasteiger partial charge in [-0.3, -0.25) is 4.79 Å². The number of alkyl halides is 3. The van der Waals surface area contributed by atoms with Gasteiger partial charge in [-0.25, -0.2) is 9.97 Å². The Bertz CT molecular complexity index is 1150. The van der Waals surface area contributed by atoms with Crippen LogP contribution in [0.3, 0.4) is 0 Å². The first-order valence-electron chi connectivity index (χ1n) is 10.4. The second kappa shape index (κ2) is 9.32. The van der Waals surface area contributed by atoms with Crippen molar-refractivity contribution in [3.63, 3.8) is 0 Å². The summed E-state index contributed by atoms with van der Waals surface area (Å²) in [6, 6.07) is 13.0. The Balaban J connectivity index is 1.49. The lowest BCUT2D eigenvalue weighted by Gasteiger charge is -2.25. The SMILES string of the molecule is N#Cc1ccc(CCNC(=O)[C@@H]2CCCN2c2cc(-c3ccco3)nc(C(F)(F)F)n2)cc1. The third-order valence-corrected chi connectivity index (χ3v) is 5.39. The molecule has 3 heterocycles. The van der Waals surface area contributed by atoms with Crippen molar-refractivity contribution in [2.45, 2.75) is 31.5 Å². The zero-order valence-corrected chi connectivity index (χ0v) is 17.5. The highest BCUT2D eigenvalue weighted by molar-refractivity contribution is 5.85. The van der Waals surface area contributed by atoms with E-state index in [4.69, 9.17) is 9.68 Å². The van der Waals surface area contributed by atoms with Gasteiger partial charge < -0.3 is 14.6 Å². The Hall–Kier alpha value is -3.87. The first-order chi connectivity index (χ1) is 15.8. The van der Waals surface area contributed by atoms with Crippen LogP contribution in [0.25, 0.3) is 11.5 Å². The number of furan rings is 1. The maximum atomic E-state index is 13.4. The average Bonchev–Trinajstić information content (AvgIpc) is 3.51. The number of hydrogen-bond acceptors (Lipinski definition) is 6. The van der Waals surface area contributed by atoms with Crippen molar-refractivity contribution in [3.8, 4) is 17.5 Å². The summed E-state index contributed by atoms with van der Waals surface area (Å²) in [6.07, 6.45) is -1.67. The second-order valence-electron chi connectivity index (χ2n) is 7.61. The quantitative estimate of drug-likeness (QED) is 0.605. The molecule has 0 unspecified atom stereocenters. The molecule has 1 amide bonds. The number of nitriles is 1. The zero-order valence-electron chi connectivity index (χ0n) is 17.5. The molecule has 0 aliphatic carbocycles. The summed E-state index contributed by atoms with van der Waals surface area (Å²) in [4.78, 5) is 21.7. The molecule has 1 N–H and O–H groups in total. The molecular formula is C23H20F3N5O2. The third kappa shape index (κ3) is 5.14. The molecular weight excluding hydrogens is 435 g/mol. The normalized spacial score (nSPS) is 15.9. The van der Waals surface area contributed by atoms with Gasteiger partial charge in [-0.1, -0.05) is 12.1 Å². The molecule has 1 saturated heterocycles. The first kappa shape index (κ1) is 22.3. The van der Waals surface area contributed by atoms with Crippen molar-refractivity contribution in [2.75, 3.05) is 18.0 Å². The molecule has 4 rings (SSSR count). The Labute approximate surface area is 187 Å². The molecule has 0 bridgehead atoms. The van der Waals surface area contributed by atoms with Gasteiger partial charge >= 0.3 is 6.18 Å². The molecule has 3 aromatic rings. The minimum atomic E-state index is -4.74. The number of amides is 1. The number of rotatable bonds is 6. The number of anilines is 1. The maximum Gasteiger partial charge on any atom is 0.451 e. The Kier molecular flexibility index (Phi) is 6.31. The van der Waals surface area contributed by atoms with Gasteiger partial charge in [0.25, 0.3) is 0 Å². The molecule has 1 aliphatic heterocycles. The molecule has 170 valence electrons. The summed E-state index contributed by atoms with van der Waals surface area (Å²) in [6.45, 7) is 0.768. The van der Waals surface area contributed by atoms with Gasteiger partial charge in [0.2, 0.25) is 11.7 Å². The first-order valence-corrected chi connectivity index (χ1v) is 10.4. The van der Waals surface area contributed by atoms with E-state index in [1.165, 1.54) is 18.4 Å². The monoisotopic (exact) mass is 455 g/mol. The molecule has 10 heteroatoms. The fraction of sp³-hybridized carbons (Fsp3) is 0.304. The van der Waals surface area contributed by atoms with E-state index in [2.05, 4.69) is 21.4 Å². The summed E-state index contributed by atoms with van der Waals surface area (Å²) >= 11 is 0. The van der Waals surface area contributed by atoms with Crippen molar-refractivity contribution in [1.29, 1.82) is 5.26 Å². The average molecular weight is 455 g/mol. The lowest BCUT2D eigenvalue weighted by atomic mass is 10.1. The third-order valence-electron chi connectivity index (χ3n) is 5.39. The van der Waals surface area contributed by atoms with Crippen molar-refractivity contribution >= 4 is 11.7 Å². The van der Waals surface area contributed by atoms with Crippen LogP contribution in [0, 0.1) is 11.3 Å². The van der Waals surface area contributed by atoms with Gasteiger partial charge in [0.1, 0.15) is 17.6 Å². The van der Waals surface area contributed by atoms with Crippen LogP contribution >= 0.6 is 0 Å². The van der Waals surface area contributed by atoms with Crippen LogP contribution < -0.4 is 10.2 Å². The van der Waals surface area contributed by atoms with Crippen molar-refractivity contribution in [3.05, 3.63) is 65.7 Å². The largest absolute Gasteiger partial charge is 0.463 e. The van der Waals surface area contributed by atoms with E-state index in [1.807, 2.05) is 12.1 Å². The molecule has 0 spiro atoms. The van der Waals surface area contributed by atoms with Gasteiger partial charge in [0, 0.05) is 19.2 Å². The molecule has 0 radical (unpaired) electrons. The molecule has 1 atom stereocenters. The summed E-state index contributed by atoms with van der Waals surface area (Å²) < 4.78 is 45.5. The molecule has 0 saturated carbocycles. The summed E-state index contributed by atoms with van der Waals surface area (Å²) in [7, 11) is 0. The number of nitrogens with one attached hydrogen (secondary N) is 1. The minimum Gasteiger partial charge on any atom is -0.463 e. The predicted octanol–water partition coefficient (Wildman–Crippen LogP) is 3.95. The Morgan fingerprint density at radius 2 is 2.03 bits per heavy atom. The topological polar surface area (TPSA) is 95.1 Å². The highest BCUT2D eigenvalue weighted by Gasteiger charge is 2.38. The van der Waals surface area contributed by atoms with E-state index in [1.54, 1.807) is 23.1 Å².